The van der Waals surface area contributed by atoms with Gasteiger partial charge in [0.15, 0.2) is 0 Å². The highest BCUT2D eigenvalue weighted by atomic mass is 32.2. The molecule has 0 aliphatic rings. The molecule has 0 fully saturated rings. The standard InChI is InChI=1S/C18H16FN3O2S/c1-12(16(23)20-11-13-7-3-2-4-8-13)25-18-22-21-17(24-18)14-9-5-6-10-15(14)19/h2-10,12H,11H2,1H3,(H,20,23)/t12-/m1/s1. The zero-order valence-electron chi connectivity index (χ0n) is 13.5. The smallest absolute Gasteiger partial charge is 0.277 e. The molecule has 3 rings (SSSR count). The van der Waals surface area contributed by atoms with Crippen LogP contribution in [0.4, 0.5) is 4.39 Å². The summed E-state index contributed by atoms with van der Waals surface area (Å²) in [5.41, 5.74) is 1.26. The van der Waals surface area contributed by atoms with Gasteiger partial charge in [-0.05, 0) is 24.6 Å². The zero-order chi connectivity index (χ0) is 17.6. The van der Waals surface area contributed by atoms with Gasteiger partial charge in [-0.1, -0.05) is 54.2 Å². The van der Waals surface area contributed by atoms with E-state index in [0.717, 1.165) is 17.3 Å². The van der Waals surface area contributed by atoms with Crippen molar-refractivity contribution in [3.63, 3.8) is 0 Å². The van der Waals surface area contributed by atoms with E-state index in [0.29, 0.717) is 6.54 Å². The third-order valence-electron chi connectivity index (χ3n) is 3.47. The van der Waals surface area contributed by atoms with E-state index in [9.17, 15) is 9.18 Å². The second kappa shape index (κ2) is 7.94. The third-order valence-corrected chi connectivity index (χ3v) is 4.40. The lowest BCUT2D eigenvalue weighted by Crippen LogP contribution is -2.30. The summed E-state index contributed by atoms with van der Waals surface area (Å²) in [6, 6.07) is 15.8. The number of hydrogen-bond acceptors (Lipinski definition) is 5. The Kier molecular flexibility index (Phi) is 5.45. The largest absolute Gasteiger partial charge is 0.411 e. The Balaban J connectivity index is 1.59. The molecule has 1 heterocycles. The van der Waals surface area contributed by atoms with Crippen LogP contribution in [-0.2, 0) is 11.3 Å². The molecule has 5 nitrogen and oxygen atoms in total. The van der Waals surface area contributed by atoms with Crippen LogP contribution >= 0.6 is 11.8 Å². The predicted octanol–water partition coefficient (Wildman–Crippen LogP) is 3.67. The Hall–Kier alpha value is -2.67. The molecule has 128 valence electrons. The number of benzene rings is 2. The average molecular weight is 357 g/mol. The van der Waals surface area contributed by atoms with Crippen LogP contribution in [-0.4, -0.2) is 21.4 Å². The number of carbonyl (C=O) groups excluding carboxylic acids is 1. The van der Waals surface area contributed by atoms with Gasteiger partial charge in [-0.2, -0.15) is 0 Å². The lowest BCUT2D eigenvalue weighted by molar-refractivity contribution is -0.120. The minimum Gasteiger partial charge on any atom is -0.411 e. The summed E-state index contributed by atoms with van der Waals surface area (Å²) in [5, 5.41) is 10.4. The Bertz CT molecular complexity index is 854. The molecule has 3 aromatic rings. The van der Waals surface area contributed by atoms with E-state index in [2.05, 4.69) is 15.5 Å². The van der Waals surface area contributed by atoms with Gasteiger partial charge in [0, 0.05) is 6.54 Å². The molecule has 0 unspecified atom stereocenters. The Morgan fingerprint density at radius 2 is 1.88 bits per heavy atom. The molecule has 1 amide bonds. The maximum Gasteiger partial charge on any atom is 0.277 e. The fourth-order valence-corrected chi connectivity index (χ4v) is 2.84. The van der Waals surface area contributed by atoms with Gasteiger partial charge < -0.3 is 9.73 Å². The number of nitrogens with zero attached hydrogens (tertiary/aromatic N) is 2. The minimum absolute atomic E-state index is 0.0949. The fraction of sp³-hybridized carbons (Fsp3) is 0.167. The van der Waals surface area contributed by atoms with Gasteiger partial charge in [0.25, 0.3) is 11.1 Å². The van der Waals surface area contributed by atoms with Crippen LogP contribution in [0.15, 0.2) is 64.2 Å². The second-order valence-corrected chi connectivity index (χ2v) is 6.61. The molecule has 0 bridgehead atoms. The molecule has 0 aliphatic carbocycles. The van der Waals surface area contributed by atoms with Gasteiger partial charge in [0.2, 0.25) is 5.91 Å². The van der Waals surface area contributed by atoms with Crippen molar-refractivity contribution in [2.75, 3.05) is 0 Å². The SMILES string of the molecule is C[C@@H](Sc1nnc(-c2ccccc2F)o1)C(=O)NCc1ccccc1. The molecule has 7 heteroatoms. The van der Waals surface area contributed by atoms with Crippen LogP contribution < -0.4 is 5.32 Å². The van der Waals surface area contributed by atoms with Crippen LogP contribution in [0.5, 0.6) is 0 Å². The first kappa shape index (κ1) is 17.2. The minimum atomic E-state index is -0.434. The third kappa shape index (κ3) is 4.45. The highest BCUT2D eigenvalue weighted by Crippen LogP contribution is 2.27. The Morgan fingerprint density at radius 3 is 2.64 bits per heavy atom. The Morgan fingerprint density at radius 1 is 1.16 bits per heavy atom. The van der Waals surface area contributed by atoms with E-state index in [4.69, 9.17) is 4.42 Å². The average Bonchev–Trinajstić information content (AvgIpc) is 3.09. The van der Waals surface area contributed by atoms with Crippen molar-refractivity contribution in [1.82, 2.24) is 15.5 Å². The van der Waals surface area contributed by atoms with Crippen molar-refractivity contribution in [3.8, 4) is 11.5 Å². The molecule has 0 aliphatic heterocycles. The topological polar surface area (TPSA) is 68.0 Å². The summed E-state index contributed by atoms with van der Waals surface area (Å²) in [5.74, 6) is -0.478. The summed E-state index contributed by atoms with van der Waals surface area (Å²) in [4.78, 5) is 12.2. The molecule has 0 saturated carbocycles. The molecule has 0 saturated heterocycles. The van der Waals surface area contributed by atoms with E-state index < -0.39 is 11.1 Å². The van der Waals surface area contributed by atoms with E-state index >= 15 is 0 Å². The van der Waals surface area contributed by atoms with Gasteiger partial charge >= 0.3 is 0 Å². The van der Waals surface area contributed by atoms with Crippen LogP contribution in [0.2, 0.25) is 0 Å². The number of thioether (sulfide) groups is 1. The fourth-order valence-electron chi connectivity index (χ4n) is 2.13. The van der Waals surface area contributed by atoms with Crippen molar-refractivity contribution in [2.24, 2.45) is 0 Å². The monoisotopic (exact) mass is 357 g/mol. The molecule has 1 N–H and O–H groups in total. The molecule has 0 spiro atoms. The van der Waals surface area contributed by atoms with Crippen LogP contribution in [0.25, 0.3) is 11.5 Å². The summed E-state index contributed by atoms with van der Waals surface area (Å²) < 4.78 is 19.2. The van der Waals surface area contributed by atoms with E-state index in [-0.39, 0.29) is 22.6 Å². The van der Waals surface area contributed by atoms with Gasteiger partial charge in [0.05, 0.1) is 10.8 Å². The lowest BCUT2D eigenvalue weighted by Gasteiger charge is -2.09. The van der Waals surface area contributed by atoms with Crippen LogP contribution in [0.1, 0.15) is 12.5 Å². The number of aromatic nitrogens is 2. The van der Waals surface area contributed by atoms with Crippen molar-refractivity contribution < 1.29 is 13.6 Å². The van der Waals surface area contributed by atoms with Crippen LogP contribution in [0, 0.1) is 5.82 Å². The number of amides is 1. The van der Waals surface area contributed by atoms with Gasteiger partial charge in [-0.15, -0.1) is 10.2 Å². The molecular formula is C18H16FN3O2S. The normalized spacial score (nSPS) is 11.9. The predicted molar refractivity (Wildman–Crippen MR) is 93.3 cm³/mol. The highest BCUT2D eigenvalue weighted by Gasteiger charge is 2.19. The number of carbonyl (C=O) groups is 1. The van der Waals surface area contributed by atoms with Gasteiger partial charge in [-0.3, -0.25) is 4.79 Å². The molecule has 0 radical (unpaired) electrons. The maximum atomic E-state index is 13.7. The number of nitrogens with one attached hydrogen (secondary N) is 1. The molecule has 1 aromatic heterocycles. The molecular weight excluding hydrogens is 341 g/mol. The molecule has 2 aromatic carbocycles. The first-order valence-electron chi connectivity index (χ1n) is 7.70. The number of rotatable bonds is 6. The quantitative estimate of drug-likeness (QED) is 0.682. The van der Waals surface area contributed by atoms with Crippen molar-refractivity contribution in [2.45, 2.75) is 23.9 Å². The Labute approximate surface area is 148 Å². The van der Waals surface area contributed by atoms with Crippen molar-refractivity contribution in [3.05, 3.63) is 66.0 Å². The van der Waals surface area contributed by atoms with Gasteiger partial charge in [0.1, 0.15) is 5.82 Å². The van der Waals surface area contributed by atoms with Crippen molar-refractivity contribution >= 4 is 17.7 Å². The summed E-state index contributed by atoms with van der Waals surface area (Å²) in [6.45, 7) is 2.20. The summed E-state index contributed by atoms with van der Waals surface area (Å²) in [6.07, 6.45) is 0. The van der Waals surface area contributed by atoms with Crippen LogP contribution in [0.3, 0.4) is 0 Å². The van der Waals surface area contributed by atoms with E-state index in [1.165, 1.54) is 6.07 Å². The molecule has 25 heavy (non-hydrogen) atoms. The summed E-state index contributed by atoms with van der Waals surface area (Å²) in [7, 11) is 0. The second-order valence-electron chi connectivity index (χ2n) is 5.32. The number of hydrogen-bond donors (Lipinski definition) is 1. The lowest BCUT2D eigenvalue weighted by atomic mass is 10.2. The number of halogens is 1. The van der Waals surface area contributed by atoms with E-state index in [1.54, 1.807) is 25.1 Å². The zero-order valence-corrected chi connectivity index (χ0v) is 14.3. The summed E-state index contributed by atoms with van der Waals surface area (Å²) >= 11 is 1.13. The highest BCUT2D eigenvalue weighted by molar-refractivity contribution is 8.00. The first-order chi connectivity index (χ1) is 12.1. The first-order valence-corrected chi connectivity index (χ1v) is 8.58. The maximum absolute atomic E-state index is 13.7. The molecule has 1 atom stereocenters. The van der Waals surface area contributed by atoms with E-state index in [1.807, 2.05) is 30.3 Å². The van der Waals surface area contributed by atoms with Gasteiger partial charge in [-0.25, -0.2) is 4.39 Å². The van der Waals surface area contributed by atoms with Crippen molar-refractivity contribution in [1.29, 1.82) is 0 Å².